The lowest BCUT2D eigenvalue weighted by Crippen LogP contribution is -2.39. The summed E-state index contributed by atoms with van der Waals surface area (Å²) < 4.78 is 0.973. The van der Waals surface area contributed by atoms with Gasteiger partial charge in [0.15, 0.2) is 0 Å². The minimum Gasteiger partial charge on any atom is -0.287 e. The first-order chi connectivity index (χ1) is 9.15. The van der Waals surface area contributed by atoms with Crippen LogP contribution in [0.5, 0.6) is 0 Å². The quantitative estimate of drug-likeness (QED) is 0.875. The minimum atomic E-state index is 0.262. The van der Waals surface area contributed by atoms with Crippen molar-refractivity contribution in [3.05, 3.63) is 68.6 Å². The number of hydrogen-bond acceptors (Lipinski definition) is 3. The Morgan fingerprint density at radius 2 is 1.89 bits per heavy atom. The lowest BCUT2D eigenvalue weighted by atomic mass is 10.1. The molecule has 0 unspecified atom stereocenters. The summed E-state index contributed by atoms with van der Waals surface area (Å²) in [6.07, 6.45) is 0. The Bertz CT molecular complexity index is 738. The predicted molar refractivity (Wildman–Crippen MR) is 77.1 cm³/mol. The second-order valence-corrected chi connectivity index (χ2v) is 5.49. The molecule has 0 aromatic heterocycles. The van der Waals surface area contributed by atoms with Crippen molar-refractivity contribution < 1.29 is 5.21 Å². The van der Waals surface area contributed by atoms with Crippen LogP contribution in [-0.4, -0.2) is 16.9 Å². The molecule has 1 heterocycles. The first-order valence-corrected chi connectivity index (χ1v) is 6.82. The van der Waals surface area contributed by atoms with Gasteiger partial charge in [-0.15, -0.1) is 0 Å². The number of nitrogens with zero attached hydrogens (tertiary/aromatic N) is 2. The lowest BCUT2D eigenvalue weighted by molar-refractivity contribution is -0.0275. The molecular weight excluding hydrogens is 304 g/mol. The molecule has 0 atom stereocenters. The highest BCUT2D eigenvalue weighted by atomic mass is 79.9. The molecule has 3 nitrogen and oxygen atoms in total. The summed E-state index contributed by atoms with van der Waals surface area (Å²) in [5.74, 6) is 0. The van der Waals surface area contributed by atoms with Crippen molar-refractivity contribution >= 4 is 21.6 Å². The summed E-state index contributed by atoms with van der Waals surface area (Å²) in [6.45, 7) is 2.31. The molecule has 0 fully saturated rings. The van der Waals surface area contributed by atoms with E-state index in [1.54, 1.807) is 0 Å². The maximum absolute atomic E-state index is 10.1. The van der Waals surface area contributed by atoms with Gasteiger partial charge in [0.1, 0.15) is 6.67 Å². The third-order valence-corrected chi connectivity index (χ3v) is 3.67. The Labute approximate surface area is 119 Å². The van der Waals surface area contributed by atoms with Crippen LogP contribution < -0.4 is 10.6 Å². The smallest absolute Gasteiger partial charge is 0.136 e. The van der Waals surface area contributed by atoms with Crippen LogP contribution in [0.25, 0.3) is 5.70 Å². The van der Waals surface area contributed by atoms with E-state index in [2.05, 4.69) is 20.9 Å². The molecule has 0 saturated heterocycles. The molecule has 1 aliphatic rings. The van der Waals surface area contributed by atoms with E-state index in [9.17, 15) is 5.21 Å². The van der Waals surface area contributed by atoms with Gasteiger partial charge in [0.05, 0.1) is 11.1 Å². The van der Waals surface area contributed by atoms with Crippen LogP contribution in [-0.2, 0) is 0 Å². The highest BCUT2D eigenvalue weighted by molar-refractivity contribution is 9.10. The van der Waals surface area contributed by atoms with Crippen molar-refractivity contribution in [1.82, 2.24) is 5.06 Å². The fourth-order valence-electron chi connectivity index (χ4n) is 2.20. The van der Waals surface area contributed by atoms with Crippen LogP contribution in [0.2, 0.25) is 0 Å². The molecule has 19 heavy (non-hydrogen) atoms. The number of rotatable bonds is 1. The van der Waals surface area contributed by atoms with Gasteiger partial charge >= 0.3 is 0 Å². The van der Waals surface area contributed by atoms with E-state index < -0.39 is 0 Å². The highest BCUT2D eigenvalue weighted by Crippen LogP contribution is 2.17. The Kier molecular flexibility index (Phi) is 3.12. The molecule has 0 radical (unpaired) electrons. The summed E-state index contributed by atoms with van der Waals surface area (Å²) in [5, 5.41) is 13.2. The summed E-state index contributed by atoms with van der Waals surface area (Å²) >= 11 is 3.47. The van der Waals surface area contributed by atoms with Crippen LogP contribution in [0.4, 0.5) is 0 Å². The first-order valence-electron chi connectivity index (χ1n) is 6.03. The molecule has 0 bridgehead atoms. The molecule has 1 N–H and O–H groups in total. The monoisotopic (exact) mass is 316 g/mol. The average Bonchev–Trinajstić information content (AvgIpc) is 2.40. The van der Waals surface area contributed by atoms with Gasteiger partial charge in [-0.1, -0.05) is 45.8 Å². The average molecular weight is 317 g/mol. The normalized spacial score (nSPS) is 14.1. The summed E-state index contributed by atoms with van der Waals surface area (Å²) in [7, 11) is 0. The van der Waals surface area contributed by atoms with Crippen LogP contribution in [0, 0.1) is 6.92 Å². The van der Waals surface area contributed by atoms with Gasteiger partial charge in [-0.2, -0.15) is 0 Å². The van der Waals surface area contributed by atoms with E-state index in [0.29, 0.717) is 0 Å². The third kappa shape index (κ3) is 2.29. The predicted octanol–water partition coefficient (Wildman–Crippen LogP) is 2.20. The molecule has 3 rings (SSSR count). The maximum Gasteiger partial charge on any atom is 0.136 e. The van der Waals surface area contributed by atoms with Crippen molar-refractivity contribution in [2.75, 3.05) is 6.67 Å². The largest absolute Gasteiger partial charge is 0.287 e. The molecule has 2 aromatic carbocycles. The van der Waals surface area contributed by atoms with Crippen LogP contribution >= 0.6 is 15.9 Å². The fraction of sp³-hybridized carbons (Fsp3) is 0.133. The SMILES string of the molecule is Cc1ccc(C2=c3cc(Br)ccc3=NCN2O)cc1. The van der Waals surface area contributed by atoms with Gasteiger partial charge in [0, 0.05) is 15.3 Å². The van der Waals surface area contributed by atoms with Gasteiger partial charge in [-0.05, 0) is 25.1 Å². The third-order valence-electron chi connectivity index (χ3n) is 3.17. The van der Waals surface area contributed by atoms with Crippen LogP contribution in [0.15, 0.2) is 51.9 Å². The summed E-state index contributed by atoms with van der Waals surface area (Å²) in [6, 6.07) is 14.0. The zero-order valence-corrected chi connectivity index (χ0v) is 12.1. The zero-order chi connectivity index (χ0) is 13.4. The second-order valence-electron chi connectivity index (χ2n) is 4.58. The number of halogens is 1. The second kappa shape index (κ2) is 4.79. The minimum absolute atomic E-state index is 0.262. The van der Waals surface area contributed by atoms with Crippen molar-refractivity contribution in [2.45, 2.75) is 6.92 Å². The Morgan fingerprint density at radius 3 is 2.63 bits per heavy atom. The Morgan fingerprint density at radius 1 is 1.16 bits per heavy atom. The number of aryl methyl sites for hydroxylation is 1. The van der Waals surface area contributed by atoms with Crippen molar-refractivity contribution in [3.8, 4) is 0 Å². The molecule has 1 aliphatic heterocycles. The number of hydroxylamine groups is 2. The Hall–Kier alpha value is -1.65. The lowest BCUT2D eigenvalue weighted by Gasteiger charge is -2.22. The van der Waals surface area contributed by atoms with Crippen molar-refractivity contribution in [1.29, 1.82) is 0 Å². The van der Waals surface area contributed by atoms with E-state index in [4.69, 9.17) is 0 Å². The summed E-state index contributed by atoms with van der Waals surface area (Å²) in [5.41, 5.74) is 2.98. The maximum atomic E-state index is 10.1. The van der Waals surface area contributed by atoms with Gasteiger partial charge in [-0.3, -0.25) is 10.2 Å². The van der Waals surface area contributed by atoms with Crippen molar-refractivity contribution in [3.63, 3.8) is 0 Å². The Balaban J connectivity index is 2.34. The molecule has 2 aromatic rings. The van der Waals surface area contributed by atoms with Gasteiger partial charge in [0.25, 0.3) is 0 Å². The van der Waals surface area contributed by atoms with Crippen LogP contribution in [0.3, 0.4) is 0 Å². The van der Waals surface area contributed by atoms with E-state index in [1.807, 2.05) is 49.4 Å². The molecule has 0 spiro atoms. The molecule has 96 valence electrons. The fourth-order valence-corrected chi connectivity index (χ4v) is 2.57. The number of hydrogen-bond donors (Lipinski definition) is 1. The van der Waals surface area contributed by atoms with E-state index in [1.165, 1.54) is 10.6 Å². The molecule has 0 saturated carbocycles. The van der Waals surface area contributed by atoms with Crippen LogP contribution in [0.1, 0.15) is 11.1 Å². The highest BCUT2D eigenvalue weighted by Gasteiger charge is 2.14. The molecule has 0 aliphatic carbocycles. The van der Waals surface area contributed by atoms with E-state index >= 15 is 0 Å². The van der Waals surface area contributed by atoms with Crippen molar-refractivity contribution in [2.24, 2.45) is 4.99 Å². The zero-order valence-electron chi connectivity index (χ0n) is 10.5. The van der Waals surface area contributed by atoms with E-state index in [0.717, 1.165) is 26.3 Å². The first kappa shape index (κ1) is 12.4. The summed E-state index contributed by atoms with van der Waals surface area (Å²) in [4.78, 5) is 4.34. The molecule has 0 amide bonds. The molecular formula is C15H13BrN2O. The topological polar surface area (TPSA) is 35.8 Å². The van der Waals surface area contributed by atoms with E-state index in [-0.39, 0.29) is 6.67 Å². The molecule has 4 heteroatoms. The number of fused-ring (bicyclic) bond motifs is 1. The number of benzene rings is 2. The van der Waals surface area contributed by atoms with Gasteiger partial charge in [-0.25, -0.2) is 5.06 Å². The standard InChI is InChI=1S/C15H13BrN2O/c1-10-2-4-11(5-3-10)15-13-8-12(16)6-7-14(13)17-9-18(15)19/h2-8,19H,9H2,1H3. The van der Waals surface area contributed by atoms with Gasteiger partial charge in [0.2, 0.25) is 0 Å². The van der Waals surface area contributed by atoms with Gasteiger partial charge < -0.3 is 0 Å².